The molecule has 3 aromatic rings. The summed E-state index contributed by atoms with van der Waals surface area (Å²) in [6.07, 6.45) is -0.697. The van der Waals surface area contributed by atoms with Crippen molar-refractivity contribution in [2.24, 2.45) is 0 Å². The van der Waals surface area contributed by atoms with Crippen molar-refractivity contribution < 1.29 is 5.11 Å². The van der Waals surface area contributed by atoms with Crippen molar-refractivity contribution in [1.29, 1.82) is 0 Å². The van der Waals surface area contributed by atoms with Gasteiger partial charge in [0.25, 0.3) is 0 Å². The summed E-state index contributed by atoms with van der Waals surface area (Å²) in [6, 6.07) is 13.2. The molecule has 3 rings (SSSR count). The number of hydrogen-bond acceptors (Lipinski definition) is 2. The summed E-state index contributed by atoms with van der Waals surface area (Å²) in [5.74, 6) is 0. The van der Waals surface area contributed by atoms with E-state index in [1.54, 1.807) is 29.5 Å². The van der Waals surface area contributed by atoms with Gasteiger partial charge in [-0.25, -0.2) is 0 Å². The Kier molecular flexibility index (Phi) is 3.50. The van der Waals surface area contributed by atoms with Crippen molar-refractivity contribution in [3.05, 3.63) is 69.0 Å². The molecule has 0 saturated carbocycles. The van der Waals surface area contributed by atoms with Gasteiger partial charge in [0.1, 0.15) is 6.10 Å². The van der Waals surface area contributed by atoms with Crippen molar-refractivity contribution >= 4 is 44.6 Å². The highest BCUT2D eigenvalue weighted by atomic mass is 35.5. The van der Waals surface area contributed by atoms with Gasteiger partial charge in [0, 0.05) is 10.3 Å². The summed E-state index contributed by atoms with van der Waals surface area (Å²) in [4.78, 5) is 0. The van der Waals surface area contributed by atoms with Crippen LogP contribution in [-0.4, -0.2) is 5.11 Å². The Bertz CT molecular complexity index is 736. The largest absolute Gasteiger partial charge is 0.384 e. The standard InChI is InChI=1S/C15H10Cl2OS/c16-12-5-4-10(8-13(12)17)14(18)11-3-1-2-9-6-7-19-15(9)11/h1-8,14,18H. The summed E-state index contributed by atoms with van der Waals surface area (Å²) >= 11 is 13.5. The lowest BCUT2D eigenvalue weighted by Gasteiger charge is -2.13. The molecule has 0 radical (unpaired) electrons. The molecule has 0 bridgehead atoms. The van der Waals surface area contributed by atoms with E-state index >= 15 is 0 Å². The van der Waals surface area contributed by atoms with Crippen LogP contribution in [0.15, 0.2) is 47.8 Å². The normalized spacial score (nSPS) is 12.8. The van der Waals surface area contributed by atoms with E-state index in [4.69, 9.17) is 23.2 Å². The Morgan fingerprint density at radius 1 is 1.00 bits per heavy atom. The van der Waals surface area contributed by atoms with Gasteiger partial charge in [0.05, 0.1) is 10.0 Å². The van der Waals surface area contributed by atoms with Crippen LogP contribution < -0.4 is 0 Å². The van der Waals surface area contributed by atoms with Crippen LogP contribution in [0.1, 0.15) is 17.2 Å². The minimum atomic E-state index is -0.697. The maximum atomic E-state index is 10.5. The number of halogens is 2. The van der Waals surface area contributed by atoms with Gasteiger partial charge in [-0.3, -0.25) is 0 Å². The second-order valence-electron chi connectivity index (χ2n) is 4.26. The zero-order valence-electron chi connectivity index (χ0n) is 9.81. The number of thiophene rings is 1. The van der Waals surface area contributed by atoms with Crippen LogP contribution in [0.25, 0.3) is 10.1 Å². The molecule has 1 aromatic heterocycles. The lowest BCUT2D eigenvalue weighted by molar-refractivity contribution is 0.222. The summed E-state index contributed by atoms with van der Waals surface area (Å²) in [5.41, 5.74) is 1.64. The molecule has 4 heteroatoms. The summed E-state index contributed by atoms with van der Waals surface area (Å²) in [5, 5.41) is 14.6. The first-order valence-corrected chi connectivity index (χ1v) is 7.39. The van der Waals surface area contributed by atoms with Gasteiger partial charge in [-0.1, -0.05) is 47.5 Å². The Balaban J connectivity index is 2.10. The molecule has 1 unspecified atom stereocenters. The Morgan fingerprint density at radius 2 is 1.84 bits per heavy atom. The fourth-order valence-corrected chi connectivity index (χ4v) is 3.34. The van der Waals surface area contributed by atoms with E-state index in [-0.39, 0.29) is 0 Å². The average molecular weight is 309 g/mol. The molecule has 0 spiro atoms. The molecule has 1 nitrogen and oxygen atoms in total. The van der Waals surface area contributed by atoms with Crippen LogP contribution >= 0.6 is 34.5 Å². The number of hydrogen-bond donors (Lipinski definition) is 1. The highest BCUT2D eigenvalue weighted by Gasteiger charge is 2.15. The topological polar surface area (TPSA) is 20.2 Å². The number of fused-ring (bicyclic) bond motifs is 1. The SMILES string of the molecule is OC(c1ccc(Cl)c(Cl)c1)c1cccc2ccsc12. The first-order chi connectivity index (χ1) is 9.16. The number of benzene rings is 2. The lowest BCUT2D eigenvalue weighted by Crippen LogP contribution is -1.99. The number of aliphatic hydroxyl groups excluding tert-OH is 1. The molecule has 0 aliphatic carbocycles. The molecule has 0 fully saturated rings. The highest BCUT2D eigenvalue weighted by Crippen LogP contribution is 2.34. The van der Waals surface area contributed by atoms with Gasteiger partial charge in [0.15, 0.2) is 0 Å². The third kappa shape index (κ3) is 2.37. The summed E-state index contributed by atoms with van der Waals surface area (Å²) in [6.45, 7) is 0. The number of rotatable bonds is 2. The van der Waals surface area contributed by atoms with Crippen LogP contribution in [0.2, 0.25) is 10.0 Å². The first kappa shape index (κ1) is 12.9. The van der Waals surface area contributed by atoms with Gasteiger partial charge in [-0.2, -0.15) is 0 Å². The second kappa shape index (κ2) is 5.14. The van der Waals surface area contributed by atoms with Crippen LogP contribution in [0.4, 0.5) is 0 Å². The highest BCUT2D eigenvalue weighted by molar-refractivity contribution is 7.17. The first-order valence-electron chi connectivity index (χ1n) is 5.76. The van der Waals surface area contributed by atoms with Crippen molar-refractivity contribution in [3.63, 3.8) is 0 Å². The zero-order chi connectivity index (χ0) is 13.4. The quantitative estimate of drug-likeness (QED) is 0.682. The van der Waals surface area contributed by atoms with Crippen LogP contribution in [0.5, 0.6) is 0 Å². The molecule has 0 aliphatic heterocycles. The molecular formula is C15H10Cl2OS. The fraction of sp³-hybridized carbons (Fsp3) is 0.0667. The Hall–Kier alpha value is -1.06. The minimum Gasteiger partial charge on any atom is -0.384 e. The summed E-state index contributed by atoms with van der Waals surface area (Å²) in [7, 11) is 0. The van der Waals surface area contributed by atoms with Crippen LogP contribution in [0.3, 0.4) is 0 Å². The molecule has 96 valence electrons. The van der Waals surface area contributed by atoms with Crippen molar-refractivity contribution in [2.75, 3.05) is 0 Å². The Labute approximate surface area is 125 Å². The van der Waals surface area contributed by atoms with E-state index in [0.717, 1.165) is 21.2 Å². The van der Waals surface area contributed by atoms with E-state index in [9.17, 15) is 5.11 Å². The number of aliphatic hydroxyl groups is 1. The monoisotopic (exact) mass is 308 g/mol. The van der Waals surface area contributed by atoms with E-state index in [1.165, 1.54) is 0 Å². The minimum absolute atomic E-state index is 0.455. The zero-order valence-corrected chi connectivity index (χ0v) is 12.1. The van der Waals surface area contributed by atoms with Gasteiger partial charge in [-0.15, -0.1) is 11.3 Å². The molecule has 1 N–H and O–H groups in total. The maximum Gasteiger partial charge on any atom is 0.105 e. The lowest BCUT2D eigenvalue weighted by atomic mass is 10.0. The van der Waals surface area contributed by atoms with Crippen molar-refractivity contribution in [1.82, 2.24) is 0 Å². The molecule has 0 aliphatic rings. The molecule has 0 amide bonds. The van der Waals surface area contributed by atoms with Gasteiger partial charge in [-0.05, 0) is 34.5 Å². The summed E-state index contributed by atoms with van der Waals surface area (Å²) < 4.78 is 1.10. The fourth-order valence-electron chi connectivity index (χ4n) is 2.09. The van der Waals surface area contributed by atoms with E-state index in [0.29, 0.717) is 10.0 Å². The van der Waals surface area contributed by atoms with E-state index in [1.807, 2.05) is 29.6 Å². The predicted molar refractivity (Wildman–Crippen MR) is 82.3 cm³/mol. The van der Waals surface area contributed by atoms with Gasteiger partial charge >= 0.3 is 0 Å². The Morgan fingerprint density at radius 3 is 2.63 bits per heavy atom. The smallest absolute Gasteiger partial charge is 0.105 e. The average Bonchev–Trinajstić information content (AvgIpc) is 2.89. The van der Waals surface area contributed by atoms with E-state index in [2.05, 4.69) is 0 Å². The van der Waals surface area contributed by atoms with Crippen molar-refractivity contribution in [2.45, 2.75) is 6.10 Å². The van der Waals surface area contributed by atoms with Crippen LogP contribution in [-0.2, 0) is 0 Å². The van der Waals surface area contributed by atoms with Gasteiger partial charge in [0.2, 0.25) is 0 Å². The third-order valence-electron chi connectivity index (χ3n) is 3.06. The predicted octanol–water partition coefficient (Wildman–Crippen LogP) is 5.29. The molecule has 1 atom stereocenters. The second-order valence-corrected chi connectivity index (χ2v) is 5.99. The molecule has 2 aromatic carbocycles. The third-order valence-corrected chi connectivity index (χ3v) is 4.78. The molecule has 19 heavy (non-hydrogen) atoms. The van der Waals surface area contributed by atoms with Crippen LogP contribution in [0, 0.1) is 0 Å². The molecule has 1 heterocycles. The molecular weight excluding hydrogens is 299 g/mol. The maximum absolute atomic E-state index is 10.5. The van der Waals surface area contributed by atoms with E-state index < -0.39 is 6.10 Å². The molecule has 0 saturated heterocycles. The van der Waals surface area contributed by atoms with Crippen molar-refractivity contribution in [3.8, 4) is 0 Å². The van der Waals surface area contributed by atoms with Gasteiger partial charge < -0.3 is 5.11 Å².